The third kappa shape index (κ3) is 3.05. The lowest BCUT2D eigenvalue weighted by molar-refractivity contribution is 0.102. The molecule has 0 heterocycles. The zero-order valence-corrected chi connectivity index (χ0v) is 11.9. The summed E-state index contributed by atoms with van der Waals surface area (Å²) in [5.41, 5.74) is 6.31. The molecular formula is C13H9BrClFN2O. The molecule has 0 atom stereocenters. The molecule has 0 unspecified atom stereocenters. The van der Waals surface area contributed by atoms with E-state index in [0.717, 1.165) is 0 Å². The Kier molecular flexibility index (Phi) is 4.07. The van der Waals surface area contributed by atoms with Crippen molar-refractivity contribution in [2.45, 2.75) is 0 Å². The number of hydrogen-bond donors (Lipinski definition) is 2. The number of nitrogens with two attached hydrogens (primary N) is 1. The summed E-state index contributed by atoms with van der Waals surface area (Å²) in [5.74, 6) is -1.09. The maximum atomic E-state index is 13.6. The maximum Gasteiger partial charge on any atom is 0.257 e. The number of anilines is 2. The average Bonchev–Trinajstić information content (AvgIpc) is 2.37. The monoisotopic (exact) mass is 342 g/mol. The molecule has 0 aromatic heterocycles. The molecule has 0 aliphatic heterocycles. The number of halogens is 3. The van der Waals surface area contributed by atoms with Crippen LogP contribution in [0.2, 0.25) is 5.02 Å². The molecule has 0 bridgehead atoms. The first-order valence-electron chi connectivity index (χ1n) is 5.29. The highest BCUT2D eigenvalue weighted by atomic mass is 79.9. The topological polar surface area (TPSA) is 55.1 Å². The van der Waals surface area contributed by atoms with Crippen molar-refractivity contribution < 1.29 is 9.18 Å². The molecule has 0 saturated carbocycles. The molecule has 19 heavy (non-hydrogen) atoms. The number of carbonyl (C=O) groups excluding carboxylic acids is 1. The SMILES string of the molecule is Nc1ccc(Br)c(C(=O)Nc2c(F)cccc2Cl)c1. The zero-order chi connectivity index (χ0) is 14.0. The van der Waals surface area contributed by atoms with Crippen LogP contribution in [0.1, 0.15) is 10.4 Å². The minimum Gasteiger partial charge on any atom is -0.399 e. The lowest BCUT2D eigenvalue weighted by atomic mass is 10.2. The fourth-order valence-electron chi connectivity index (χ4n) is 1.51. The first kappa shape index (κ1) is 13.8. The zero-order valence-electron chi connectivity index (χ0n) is 9.58. The minimum absolute atomic E-state index is 0.0523. The van der Waals surface area contributed by atoms with Crippen molar-refractivity contribution >= 4 is 44.8 Å². The van der Waals surface area contributed by atoms with Crippen molar-refractivity contribution in [1.29, 1.82) is 0 Å². The summed E-state index contributed by atoms with van der Waals surface area (Å²) in [7, 11) is 0. The summed E-state index contributed by atoms with van der Waals surface area (Å²) in [6.07, 6.45) is 0. The van der Waals surface area contributed by atoms with Gasteiger partial charge in [-0.25, -0.2) is 4.39 Å². The molecule has 0 fully saturated rings. The van der Waals surface area contributed by atoms with E-state index in [2.05, 4.69) is 21.2 Å². The number of nitrogens with one attached hydrogen (secondary N) is 1. The van der Waals surface area contributed by atoms with Crippen LogP contribution in [0.25, 0.3) is 0 Å². The van der Waals surface area contributed by atoms with Gasteiger partial charge in [0.15, 0.2) is 0 Å². The Morgan fingerprint density at radius 3 is 2.74 bits per heavy atom. The van der Waals surface area contributed by atoms with Crippen LogP contribution in [-0.2, 0) is 0 Å². The van der Waals surface area contributed by atoms with Gasteiger partial charge in [0.1, 0.15) is 5.82 Å². The number of hydrogen-bond acceptors (Lipinski definition) is 2. The number of rotatable bonds is 2. The number of amides is 1. The van der Waals surface area contributed by atoms with Crippen LogP contribution in [-0.4, -0.2) is 5.91 Å². The summed E-state index contributed by atoms with van der Waals surface area (Å²) in [5, 5.41) is 2.56. The molecule has 3 N–H and O–H groups in total. The number of nitrogen functional groups attached to an aromatic ring is 1. The highest BCUT2D eigenvalue weighted by molar-refractivity contribution is 9.10. The van der Waals surface area contributed by atoms with Gasteiger partial charge in [-0.3, -0.25) is 4.79 Å². The lowest BCUT2D eigenvalue weighted by Gasteiger charge is -2.10. The smallest absolute Gasteiger partial charge is 0.257 e. The van der Waals surface area contributed by atoms with Gasteiger partial charge in [0.25, 0.3) is 5.91 Å². The van der Waals surface area contributed by atoms with E-state index in [9.17, 15) is 9.18 Å². The highest BCUT2D eigenvalue weighted by Gasteiger charge is 2.14. The Morgan fingerprint density at radius 2 is 2.05 bits per heavy atom. The molecule has 0 aliphatic rings. The van der Waals surface area contributed by atoms with Gasteiger partial charge < -0.3 is 11.1 Å². The molecule has 0 spiro atoms. The molecule has 2 aromatic rings. The van der Waals surface area contributed by atoms with Crippen molar-refractivity contribution in [3.8, 4) is 0 Å². The maximum absolute atomic E-state index is 13.6. The summed E-state index contributed by atoms with van der Waals surface area (Å²) in [6.45, 7) is 0. The standard InChI is InChI=1S/C13H9BrClFN2O/c14-9-5-4-7(17)6-8(9)13(19)18-12-10(15)2-1-3-11(12)16/h1-6H,17H2,(H,18,19). The number of carbonyl (C=O) groups is 1. The second-order valence-electron chi connectivity index (χ2n) is 3.79. The van der Waals surface area contributed by atoms with Gasteiger partial charge in [-0.15, -0.1) is 0 Å². The Hall–Kier alpha value is -1.59. The Bertz CT molecular complexity index is 628. The van der Waals surface area contributed by atoms with Crippen molar-refractivity contribution in [2.75, 3.05) is 11.1 Å². The van der Waals surface area contributed by atoms with E-state index in [1.807, 2.05) is 0 Å². The molecule has 3 nitrogen and oxygen atoms in total. The normalized spacial score (nSPS) is 10.3. The second kappa shape index (κ2) is 5.59. The van der Waals surface area contributed by atoms with Gasteiger partial charge in [0, 0.05) is 10.2 Å². The fraction of sp³-hybridized carbons (Fsp3) is 0. The van der Waals surface area contributed by atoms with E-state index in [4.69, 9.17) is 17.3 Å². The summed E-state index contributed by atoms with van der Waals surface area (Å²) < 4.78 is 14.1. The van der Waals surface area contributed by atoms with E-state index in [-0.39, 0.29) is 10.7 Å². The van der Waals surface area contributed by atoms with Gasteiger partial charge in [-0.2, -0.15) is 0 Å². The van der Waals surface area contributed by atoms with Crippen LogP contribution in [0, 0.1) is 5.82 Å². The largest absolute Gasteiger partial charge is 0.399 e. The van der Waals surface area contributed by atoms with E-state index in [0.29, 0.717) is 15.7 Å². The summed E-state index contributed by atoms with van der Waals surface area (Å²) >= 11 is 9.08. The molecule has 0 saturated heterocycles. The van der Waals surface area contributed by atoms with Crippen molar-refractivity contribution in [2.24, 2.45) is 0 Å². The van der Waals surface area contributed by atoms with E-state index < -0.39 is 11.7 Å². The van der Waals surface area contributed by atoms with Crippen LogP contribution < -0.4 is 11.1 Å². The number of para-hydroxylation sites is 1. The van der Waals surface area contributed by atoms with Gasteiger partial charge in [0.05, 0.1) is 16.3 Å². The molecule has 2 rings (SSSR count). The predicted octanol–water partition coefficient (Wildman–Crippen LogP) is 4.08. The third-order valence-electron chi connectivity index (χ3n) is 2.44. The quantitative estimate of drug-likeness (QED) is 0.807. The fourth-order valence-corrected chi connectivity index (χ4v) is 2.15. The van der Waals surface area contributed by atoms with E-state index in [1.165, 1.54) is 24.3 Å². The third-order valence-corrected chi connectivity index (χ3v) is 3.44. The van der Waals surface area contributed by atoms with Crippen LogP contribution in [0.4, 0.5) is 15.8 Å². The van der Waals surface area contributed by atoms with E-state index >= 15 is 0 Å². The average molecular weight is 344 g/mol. The molecule has 2 aromatic carbocycles. The Labute approximate surface area is 122 Å². The van der Waals surface area contributed by atoms with Crippen LogP contribution in [0.15, 0.2) is 40.9 Å². The summed E-state index contributed by atoms with van der Waals surface area (Å²) in [4.78, 5) is 12.1. The minimum atomic E-state index is -0.596. The second-order valence-corrected chi connectivity index (χ2v) is 5.05. The molecule has 98 valence electrons. The van der Waals surface area contributed by atoms with Gasteiger partial charge in [0.2, 0.25) is 0 Å². The van der Waals surface area contributed by atoms with Crippen LogP contribution >= 0.6 is 27.5 Å². The predicted molar refractivity (Wildman–Crippen MR) is 77.9 cm³/mol. The molecule has 0 radical (unpaired) electrons. The molecule has 0 aliphatic carbocycles. The van der Waals surface area contributed by atoms with Crippen LogP contribution in [0.5, 0.6) is 0 Å². The van der Waals surface area contributed by atoms with Crippen molar-refractivity contribution in [1.82, 2.24) is 0 Å². The van der Waals surface area contributed by atoms with Crippen molar-refractivity contribution in [3.63, 3.8) is 0 Å². The van der Waals surface area contributed by atoms with Gasteiger partial charge >= 0.3 is 0 Å². The first-order chi connectivity index (χ1) is 8.99. The van der Waals surface area contributed by atoms with Gasteiger partial charge in [-0.05, 0) is 46.3 Å². The van der Waals surface area contributed by atoms with E-state index in [1.54, 1.807) is 12.1 Å². The molecule has 1 amide bonds. The molecular weight excluding hydrogens is 335 g/mol. The van der Waals surface area contributed by atoms with Crippen LogP contribution in [0.3, 0.4) is 0 Å². The lowest BCUT2D eigenvalue weighted by Crippen LogP contribution is -2.14. The number of benzene rings is 2. The van der Waals surface area contributed by atoms with Gasteiger partial charge in [-0.1, -0.05) is 17.7 Å². The highest BCUT2D eigenvalue weighted by Crippen LogP contribution is 2.27. The summed E-state index contributed by atoms with van der Waals surface area (Å²) in [6, 6.07) is 8.96. The first-order valence-corrected chi connectivity index (χ1v) is 6.46. The Balaban J connectivity index is 2.34. The molecule has 6 heteroatoms. The Morgan fingerprint density at radius 1 is 1.32 bits per heavy atom. The van der Waals surface area contributed by atoms with Crippen molar-refractivity contribution in [3.05, 3.63) is 57.3 Å².